The second-order valence-corrected chi connectivity index (χ2v) is 6.88. The highest BCUT2D eigenvalue weighted by Gasteiger charge is 2.26. The molecule has 1 aliphatic rings. The lowest BCUT2D eigenvalue weighted by Crippen LogP contribution is -2.31. The van der Waals surface area contributed by atoms with E-state index in [4.69, 9.17) is 0 Å². The zero-order valence-corrected chi connectivity index (χ0v) is 13.8. The lowest BCUT2D eigenvalue weighted by atomic mass is 9.97. The summed E-state index contributed by atoms with van der Waals surface area (Å²) in [6.45, 7) is 5.55. The van der Waals surface area contributed by atoms with Crippen LogP contribution in [-0.4, -0.2) is 0 Å². The minimum Gasteiger partial charge on any atom is -0.194 e. The van der Waals surface area contributed by atoms with Gasteiger partial charge in [-0.25, -0.2) is 0 Å². The molecule has 1 nitrogen and oxygen atoms in total. The van der Waals surface area contributed by atoms with Crippen molar-refractivity contribution in [2.45, 2.75) is 26.8 Å². The van der Waals surface area contributed by atoms with Gasteiger partial charge in [0, 0.05) is 17.7 Å². The summed E-state index contributed by atoms with van der Waals surface area (Å²) in [6.07, 6.45) is 3.39. The van der Waals surface area contributed by atoms with E-state index >= 15 is 0 Å². The van der Waals surface area contributed by atoms with Gasteiger partial charge in [0.05, 0.1) is 5.56 Å². The van der Waals surface area contributed by atoms with Crippen LogP contribution in [0.25, 0.3) is 22.4 Å². The highest BCUT2D eigenvalue weighted by Crippen LogP contribution is 2.32. The van der Waals surface area contributed by atoms with E-state index in [2.05, 4.69) is 85.3 Å². The van der Waals surface area contributed by atoms with Gasteiger partial charge < -0.3 is 0 Å². The molecule has 0 spiro atoms. The predicted octanol–water partition coefficient (Wildman–Crippen LogP) is 4.87. The fraction of sp³-hybridized carbons (Fsp3) is 0.227. The second-order valence-electron chi connectivity index (χ2n) is 6.88. The molecule has 0 N–H and O–H groups in total. The van der Waals surface area contributed by atoms with Gasteiger partial charge in [0.1, 0.15) is 0 Å². The second kappa shape index (κ2) is 5.66. The number of nitrogens with zero attached hydrogens (tertiary/aromatic N) is 1. The molecule has 0 radical (unpaired) electrons. The van der Waals surface area contributed by atoms with Crippen LogP contribution in [0.4, 0.5) is 0 Å². The largest absolute Gasteiger partial charge is 0.213 e. The third kappa shape index (κ3) is 2.68. The Labute approximate surface area is 138 Å². The van der Waals surface area contributed by atoms with Crippen molar-refractivity contribution in [3.63, 3.8) is 0 Å². The topological polar surface area (TPSA) is 3.88 Å². The number of hydrogen-bond donors (Lipinski definition) is 0. The van der Waals surface area contributed by atoms with E-state index < -0.39 is 0 Å². The average Bonchev–Trinajstić information content (AvgIpc) is 2.92. The zero-order valence-electron chi connectivity index (χ0n) is 13.8. The molecule has 2 heterocycles. The third-order valence-electron chi connectivity index (χ3n) is 4.58. The molecule has 23 heavy (non-hydrogen) atoms. The molecular weight excluding hydrogens is 278 g/mol. The van der Waals surface area contributed by atoms with Crippen molar-refractivity contribution in [1.82, 2.24) is 0 Å². The monoisotopic (exact) mass is 300 g/mol. The van der Waals surface area contributed by atoms with Gasteiger partial charge in [0.25, 0.3) is 0 Å². The smallest absolute Gasteiger partial charge is 0.194 e. The Morgan fingerprint density at radius 3 is 2.52 bits per heavy atom. The molecule has 0 atom stereocenters. The van der Waals surface area contributed by atoms with Crippen molar-refractivity contribution >= 4 is 0 Å². The fourth-order valence-electron chi connectivity index (χ4n) is 3.49. The zero-order chi connectivity index (χ0) is 15.8. The maximum Gasteiger partial charge on any atom is 0.213 e. The van der Waals surface area contributed by atoms with E-state index in [0.29, 0.717) is 5.92 Å². The fourth-order valence-corrected chi connectivity index (χ4v) is 3.49. The summed E-state index contributed by atoms with van der Waals surface area (Å²) >= 11 is 0. The van der Waals surface area contributed by atoms with E-state index in [1.54, 1.807) is 0 Å². The molecule has 1 heteroatoms. The number of aromatic nitrogens is 1. The van der Waals surface area contributed by atoms with Crippen molar-refractivity contribution in [2.75, 3.05) is 0 Å². The van der Waals surface area contributed by atoms with E-state index in [1.165, 1.54) is 33.5 Å². The molecule has 0 aliphatic carbocycles. The molecule has 0 bridgehead atoms. The average molecular weight is 300 g/mol. The Morgan fingerprint density at radius 1 is 0.913 bits per heavy atom. The quantitative estimate of drug-likeness (QED) is 0.475. The standard InChI is InChI=1S/C22H22N/c1-16(2)12-17-10-11-23-15-20-9-8-19(14-21(20)22(23)13-17)18-6-4-3-5-7-18/h3-11,13-14,16H,12,15H2,1-2H3/q+1. The van der Waals surface area contributed by atoms with Crippen molar-refractivity contribution in [3.8, 4) is 22.4 Å². The van der Waals surface area contributed by atoms with Gasteiger partial charge in [-0.3, -0.25) is 0 Å². The Balaban J connectivity index is 1.78. The van der Waals surface area contributed by atoms with Crippen LogP contribution in [0.2, 0.25) is 0 Å². The van der Waals surface area contributed by atoms with Crippen molar-refractivity contribution in [3.05, 3.63) is 78.0 Å². The molecule has 2 aromatic carbocycles. The van der Waals surface area contributed by atoms with Crippen molar-refractivity contribution in [2.24, 2.45) is 5.92 Å². The molecule has 3 aromatic rings. The Bertz CT molecular complexity index is 847. The summed E-state index contributed by atoms with van der Waals surface area (Å²) in [5.41, 5.74) is 8.18. The number of fused-ring (bicyclic) bond motifs is 3. The lowest BCUT2D eigenvalue weighted by molar-refractivity contribution is -0.672. The van der Waals surface area contributed by atoms with Crippen molar-refractivity contribution in [1.29, 1.82) is 0 Å². The van der Waals surface area contributed by atoms with Gasteiger partial charge >= 0.3 is 0 Å². The molecular formula is C22H22N+. The van der Waals surface area contributed by atoms with Gasteiger partial charge in [0.15, 0.2) is 12.7 Å². The minimum atomic E-state index is 0.689. The van der Waals surface area contributed by atoms with Crippen LogP contribution in [0.3, 0.4) is 0 Å². The van der Waals surface area contributed by atoms with Crippen LogP contribution >= 0.6 is 0 Å². The van der Waals surface area contributed by atoms with Gasteiger partial charge in [-0.15, -0.1) is 0 Å². The first-order chi connectivity index (χ1) is 11.2. The van der Waals surface area contributed by atoms with Gasteiger partial charge in [-0.2, -0.15) is 4.57 Å². The van der Waals surface area contributed by atoms with E-state index in [0.717, 1.165) is 13.0 Å². The summed E-state index contributed by atoms with van der Waals surface area (Å²) in [5.74, 6) is 0.689. The molecule has 0 unspecified atom stereocenters. The molecule has 114 valence electrons. The summed E-state index contributed by atoms with van der Waals surface area (Å²) in [4.78, 5) is 0. The van der Waals surface area contributed by atoms with Gasteiger partial charge in [-0.05, 0) is 35.1 Å². The molecule has 0 saturated heterocycles. The number of rotatable bonds is 3. The third-order valence-corrected chi connectivity index (χ3v) is 4.58. The predicted molar refractivity (Wildman–Crippen MR) is 95.2 cm³/mol. The highest BCUT2D eigenvalue weighted by atomic mass is 15.0. The molecule has 0 saturated carbocycles. The van der Waals surface area contributed by atoms with Crippen LogP contribution in [0.5, 0.6) is 0 Å². The highest BCUT2D eigenvalue weighted by molar-refractivity contribution is 5.74. The minimum absolute atomic E-state index is 0.689. The Morgan fingerprint density at radius 2 is 1.74 bits per heavy atom. The van der Waals surface area contributed by atoms with Crippen molar-refractivity contribution < 1.29 is 4.57 Å². The van der Waals surface area contributed by atoms with Crippen LogP contribution in [0.1, 0.15) is 25.0 Å². The van der Waals surface area contributed by atoms with E-state index in [1.807, 2.05) is 0 Å². The molecule has 4 rings (SSSR count). The number of hydrogen-bond acceptors (Lipinski definition) is 0. The SMILES string of the molecule is CC(C)Cc1cc[n+]2c(c1)-c1cc(-c3ccccc3)ccc1C2. The maximum absolute atomic E-state index is 2.38. The van der Waals surface area contributed by atoms with Crippen LogP contribution in [-0.2, 0) is 13.0 Å². The summed E-state index contributed by atoms with van der Waals surface area (Å²) < 4.78 is 2.36. The summed E-state index contributed by atoms with van der Waals surface area (Å²) in [6, 6.07) is 22.2. The van der Waals surface area contributed by atoms with Gasteiger partial charge in [-0.1, -0.05) is 56.3 Å². The van der Waals surface area contributed by atoms with Gasteiger partial charge in [0.2, 0.25) is 5.69 Å². The first-order valence-electron chi connectivity index (χ1n) is 8.42. The Hall–Kier alpha value is -2.41. The normalized spacial score (nSPS) is 12.3. The van der Waals surface area contributed by atoms with Crippen LogP contribution < -0.4 is 4.57 Å². The molecule has 0 fully saturated rings. The number of benzene rings is 2. The first-order valence-corrected chi connectivity index (χ1v) is 8.42. The molecule has 1 aliphatic heterocycles. The van der Waals surface area contributed by atoms with Crippen LogP contribution in [0.15, 0.2) is 66.9 Å². The first kappa shape index (κ1) is 14.2. The van der Waals surface area contributed by atoms with Crippen LogP contribution in [0, 0.1) is 5.92 Å². The lowest BCUT2D eigenvalue weighted by Gasteiger charge is -2.05. The maximum atomic E-state index is 2.38. The molecule has 0 amide bonds. The molecule has 1 aromatic heterocycles. The Kier molecular flexibility index (Phi) is 3.49. The van der Waals surface area contributed by atoms with E-state index in [9.17, 15) is 0 Å². The summed E-state index contributed by atoms with van der Waals surface area (Å²) in [5, 5.41) is 0. The number of pyridine rings is 1. The summed E-state index contributed by atoms with van der Waals surface area (Å²) in [7, 11) is 0. The van der Waals surface area contributed by atoms with E-state index in [-0.39, 0.29) is 0 Å².